The van der Waals surface area contributed by atoms with Gasteiger partial charge in [0.15, 0.2) is 23.0 Å². The number of rotatable bonds is 2. The van der Waals surface area contributed by atoms with Crippen molar-refractivity contribution in [2.24, 2.45) is 0 Å². The van der Waals surface area contributed by atoms with E-state index in [2.05, 4.69) is 11.9 Å². The molecule has 0 bridgehead atoms. The third kappa shape index (κ3) is 2.02. The smallest absolute Gasteiger partial charge is 0.181 e. The number of phenols is 2. The molecule has 4 rings (SSSR count). The van der Waals surface area contributed by atoms with Gasteiger partial charge in [-0.3, -0.25) is 4.90 Å². The second-order valence-electron chi connectivity index (χ2n) is 7.09. The van der Waals surface area contributed by atoms with E-state index in [4.69, 9.17) is 15.2 Å². The van der Waals surface area contributed by atoms with Crippen LogP contribution in [-0.4, -0.2) is 42.9 Å². The van der Waals surface area contributed by atoms with Crippen molar-refractivity contribution in [3.63, 3.8) is 0 Å². The van der Waals surface area contributed by atoms with Crippen LogP contribution in [0.5, 0.6) is 23.0 Å². The van der Waals surface area contributed by atoms with E-state index < -0.39 is 0 Å². The summed E-state index contributed by atoms with van der Waals surface area (Å²) in [6.45, 7) is 2.85. The molecule has 0 radical (unpaired) electrons. The standard InChI is InChI=1S/C20H24N2O4/c1-9-10-5-6-22(2)13-7-12-11(8-14(25-3)19(24)17(12)21)16(15(10)13)20(26-4)18(9)23/h8,13,23-24H,5-7,21H2,1-4H3. The number of aromatic hydroxyl groups is 2. The number of hydrogen-bond donors (Lipinski definition) is 3. The minimum absolute atomic E-state index is 0.0383. The van der Waals surface area contributed by atoms with Crippen LogP contribution in [0.4, 0.5) is 5.69 Å². The summed E-state index contributed by atoms with van der Waals surface area (Å²) >= 11 is 0. The van der Waals surface area contributed by atoms with Gasteiger partial charge in [0, 0.05) is 18.2 Å². The third-order valence-electron chi connectivity index (χ3n) is 5.93. The zero-order chi connectivity index (χ0) is 18.7. The average Bonchev–Trinajstić information content (AvgIpc) is 2.64. The maximum atomic E-state index is 10.8. The minimum Gasteiger partial charge on any atom is -0.504 e. The molecule has 1 atom stereocenters. The molecular formula is C20H24N2O4. The van der Waals surface area contributed by atoms with Gasteiger partial charge in [-0.2, -0.15) is 0 Å². The van der Waals surface area contributed by atoms with Crippen LogP contribution in [0.25, 0.3) is 11.1 Å². The first-order valence-electron chi connectivity index (χ1n) is 8.71. The first-order valence-corrected chi connectivity index (χ1v) is 8.71. The lowest BCUT2D eigenvalue weighted by Gasteiger charge is -2.41. The number of fused-ring (bicyclic) bond motifs is 2. The maximum absolute atomic E-state index is 10.8. The van der Waals surface area contributed by atoms with Crippen LogP contribution in [0.1, 0.15) is 28.3 Å². The van der Waals surface area contributed by atoms with Gasteiger partial charge in [0.1, 0.15) is 0 Å². The second kappa shape index (κ2) is 5.71. The van der Waals surface area contributed by atoms with Gasteiger partial charge in [-0.1, -0.05) is 0 Å². The van der Waals surface area contributed by atoms with E-state index in [1.165, 1.54) is 18.2 Å². The number of methoxy groups -OCH3 is 2. The van der Waals surface area contributed by atoms with Crippen molar-refractivity contribution in [2.45, 2.75) is 25.8 Å². The van der Waals surface area contributed by atoms with Gasteiger partial charge in [-0.05, 0) is 60.7 Å². The molecule has 2 aromatic carbocycles. The van der Waals surface area contributed by atoms with Crippen molar-refractivity contribution in [1.82, 2.24) is 4.90 Å². The quantitative estimate of drug-likeness (QED) is 0.566. The highest BCUT2D eigenvalue weighted by Crippen LogP contribution is 2.56. The monoisotopic (exact) mass is 356 g/mol. The second-order valence-corrected chi connectivity index (χ2v) is 7.09. The van der Waals surface area contributed by atoms with Crippen molar-refractivity contribution in [3.8, 4) is 34.1 Å². The van der Waals surface area contributed by atoms with Crippen molar-refractivity contribution in [3.05, 3.63) is 28.3 Å². The number of benzene rings is 2. The number of likely N-dealkylation sites (N-methyl/N-ethyl adjacent to an activating group) is 1. The molecule has 1 aliphatic carbocycles. The van der Waals surface area contributed by atoms with E-state index >= 15 is 0 Å². The molecule has 6 heteroatoms. The SMILES string of the molecule is COc1cc2c(c(N)c1O)CC1c3c(c(C)c(O)c(OC)c3-2)CCN1C. The molecule has 0 spiro atoms. The Kier molecular flexibility index (Phi) is 3.70. The summed E-state index contributed by atoms with van der Waals surface area (Å²) in [5.41, 5.74) is 12.4. The summed E-state index contributed by atoms with van der Waals surface area (Å²) in [7, 11) is 5.16. The molecule has 0 saturated carbocycles. The van der Waals surface area contributed by atoms with Crippen LogP contribution < -0.4 is 15.2 Å². The van der Waals surface area contributed by atoms with E-state index in [9.17, 15) is 10.2 Å². The van der Waals surface area contributed by atoms with Crippen molar-refractivity contribution in [2.75, 3.05) is 33.5 Å². The van der Waals surface area contributed by atoms with Gasteiger partial charge in [-0.15, -0.1) is 0 Å². The Morgan fingerprint density at radius 2 is 1.88 bits per heavy atom. The molecule has 6 nitrogen and oxygen atoms in total. The fraction of sp³-hybridized carbons (Fsp3) is 0.400. The summed E-state index contributed by atoms with van der Waals surface area (Å²) in [6.07, 6.45) is 1.57. The maximum Gasteiger partial charge on any atom is 0.181 e. The van der Waals surface area contributed by atoms with Gasteiger partial charge in [0.2, 0.25) is 0 Å². The Bertz CT molecular complexity index is 923. The number of ether oxygens (including phenoxy) is 2. The lowest BCUT2D eigenvalue weighted by atomic mass is 9.74. The molecule has 1 heterocycles. The van der Waals surface area contributed by atoms with Crippen LogP contribution in [0.15, 0.2) is 6.07 Å². The summed E-state index contributed by atoms with van der Waals surface area (Å²) in [5.74, 6) is 0.904. The van der Waals surface area contributed by atoms with Crippen LogP contribution in [0.3, 0.4) is 0 Å². The van der Waals surface area contributed by atoms with Crippen LogP contribution in [-0.2, 0) is 12.8 Å². The minimum atomic E-state index is -0.0383. The fourth-order valence-corrected chi connectivity index (χ4v) is 4.48. The Labute approximate surface area is 152 Å². The molecule has 26 heavy (non-hydrogen) atoms. The average molecular weight is 356 g/mol. The predicted octanol–water partition coefficient (Wildman–Crippen LogP) is 2.76. The lowest BCUT2D eigenvalue weighted by molar-refractivity contribution is 0.226. The zero-order valence-electron chi connectivity index (χ0n) is 15.5. The molecule has 2 aromatic rings. The first-order chi connectivity index (χ1) is 12.4. The third-order valence-corrected chi connectivity index (χ3v) is 5.93. The van der Waals surface area contributed by atoms with Gasteiger partial charge in [-0.25, -0.2) is 0 Å². The van der Waals surface area contributed by atoms with Crippen molar-refractivity contribution < 1.29 is 19.7 Å². The zero-order valence-corrected chi connectivity index (χ0v) is 15.5. The number of hydrogen-bond acceptors (Lipinski definition) is 6. The summed E-state index contributed by atoms with van der Waals surface area (Å²) in [5, 5.41) is 21.1. The molecule has 0 amide bonds. The largest absolute Gasteiger partial charge is 0.504 e. The van der Waals surface area contributed by atoms with Crippen molar-refractivity contribution in [1.29, 1.82) is 0 Å². The molecule has 0 saturated heterocycles. The van der Waals surface area contributed by atoms with Crippen LogP contribution >= 0.6 is 0 Å². The number of nitrogens with zero attached hydrogens (tertiary/aromatic N) is 1. The normalized spacial score (nSPS) is 18.2. The van der Waals surface area contributed by atoms with Gasteiger partial charge in [0.05, 0.1) is 19.9 Å². The molecule has 0 aromatic heterocycles. The highest BCUT2D eigenvalue weighted by molar-refractivity contribution is 5.89. The molecule has 1 aliphatic heterocycles. The van der Waals surface area contributed by atoms with E-state index in [1.54, 1.807) is 13.2 Å². The van der Waals surface area contributed by atoms with Gasteiger partial charge >= 0.3 is 0 Å². The summed E-state index contributed by atoms with van der Waals surface area (Å²) in [4.78, 5) is 2.30. The summed E-state index contributed by atoms with van der Waals surface area (Å²) < 4.78 is 10.9. The number of nitrogen functional groups attached to an aromatic ring is 1. The van der Waals surface area contributed by atoms with Gasteiger partial charge in [0.25, 0.3) is 0 Å². The Hall–Kier alpha value is -2.60. The Balaban J connectivity index is 2.15. The molecular weight excluding hydrogens is 332 g/mol. The number of phenolic OH excluding ortho intramolecular Hbond substituents is 2. The molecule has 138 valence electrons. The van der Waals surface area contributed by atoms with E-state index in [-0.39, 0.29) is 17.5 Å². The predicted molar refractivity (Wildman–Crippen MR) is 100 cm³/mol. The van der Waals surface area contributed by atoms with Crippen molar-refractivity contribution >= 4 is 5.69 Å². The van der Waals surface area contributed by atoms with E-state index in [1.807, 2.05) is 6.92 Å². The highest BCUT2D eigenvalue weighted by atomic mass is 16.5. The number of nitrogens with two attached hydrogens (primary N) is 1. The summed E-state index contributed by atoms with van der Waals surface area (Å²) in [6, 6.07) is 1.92. The fourth-order valence-electron chi connectivity index (χ4n) is 4.48. The Morgan fingerprint density at radius 3 is 2.54 bits per heavy atom. The van der Waals surface area contributed by atoms with Crippen LogP contribution in [0.2, 0.25) is 0 Å². The number of anilines is 1. The van der Waals surface area contributed by atoms with E-state index in [0.717, 1.165) is 35.2 Å². The van der Waals surface area contributed by atoms with Crippen LogP contribution in [0, 0.1) is 6.92 Å². The Morgan fingerprint density at radius 1 is 1.15 bits per heavy atom. The topological polar surface area (TPSA) is 88.2 Å². The molecule has 1 unspecified atom stereocenters. The first kappa shape index (κ1) is 16.8. The highest BCUT2D eigenvalue weighted by Gasteiger charge is 2.39. The molecule has 0 fully saturated rings. The van der Waals surface area contributed by atoms with E-state index in [0.29, 0.717) is 23.6 Å². The van der Waals surface area contributed by atoms with Gasteiger partial charge < -0.3 is 25.4 Å². The molecule has 4 N–H and O–H groups in total. The molecule has 2 aliphatic rings. The lowest BCUT2D eigenvalue weighted by Crippen LogP contribution is -2.36.